The molecule has 0 aromatic heterocycles. The summed E-state index contributed by atoms with van der Waals surface area (Å²) in [5, 5.41) is 43.6. The summed E-state index contributed by atoms with van der Waals surface area (Å²) in [6, 6.07) is 6.69. The number of aliphatic hydroxyl groups is 3. The standard InChI is InChI=1S/C19H24N2O8/c1-10(23)20-16-12(21-15(25)7-11-5-3-2-4-6-11)8-14(19(27)28)29-18(16)17(26)13(24)9-22/h2-6,8,12-13,16-18,22,24,26H,7,9H2,1H3,(H,20,23)(H,21,25)(H,27,28)/t12-,13+,16+,17+,18+/m0/s1. The van der Waals surface area contributed by atoms with E-state index in [-0.39, 0.29) is 6.42 Å². The molecule has 2 rings (SSSR count). The van der Waals surface area contributed by atoms with Crippen LogP contribution in [0.3, 0.4) is 0 Å². The Bertz CT molecular complexity index is 767. The Kier molecular flexibility index (Phi) is 7.71. The molecular weight excluding hydrogens is 384 g/mol. The fourth-order valence-electron chi connectivity index (χ4n) is 3.02. The maximum atomic E-state index is 12.5. The van der Waals surface area contributed by atoms with Gasteiger partial charge in [-0.15, -0.1) is 0 Å². The van der Waals surface area contributed by atoms with Gasteiger partial charge in [0.1, 0.15) is 18.3 Å². The fourth-order valence-corrected chi connectivity index (χ4v) is 3.02. The van der Waals surface area contributed by atoms with Gasteiger partial charge in [-0.3, -0.25) is 9.59 Å². The molecule has 0 fully saturated rings. The molecule has 10 heteroatoms. The molecule has 1 aromatic carbocycles. The summed E-state index contributed by atoms with van der Waals surface area (Å²) in [5.41, 5.74) is 0.725. The van der Waals surface area contributed by atoms with E-state index in [2.05, 4.69) is 10.6 Å². The lowest BCUT2D eigenvalue weighted by Crippen LogP contribution is -2.63. The molecule has 158 valence electrons. The Morgan fingerprint density at radius 1 is 1.14 bits per heavy atom. The summed E-state index contributed by atoms with van der Waals surface area (Å²) < 4.78 is 5.25. The topological polar surface area (TPSA) is 165 Å². The molecule has 1 aliphatic rings. The van der Waals surface area contributed by atoms with Gasteiger partial charge in [-0.1, -0.05) is 30.3 Å². The van der Waals surface area contributed by atoms with Gasteiger partial charge in [0.15, 0.2) is 0 Å². The molecule has 2 amide bonds. The van der Waals surface area contributed by atoms with Crippen LogP contribution in [-0.2, 0) is 25.5 Å². The van der Waals surface area contributed by atoms with Gasteiger partial charge in [0.2, 0.25) is 17.6 Å². The number of amides is 2. The molecule has 0 radical (unpaired) electrons. The van der Waals surface area contributed by atoms with Crippen molar-refractivity contribution in [3.8, 4) is 0 Å². The Morgan fingerprint density at radius 2 is 1.79 bits per heavy atom. The zero-order valence-electron chi connectivity index (χ0n) is 15.7. The van der Waals surface area contributed by atoms with E-state index in [4.69, 9.17) is 9.84 Å². The Balaban J connectivity index is 2.30. The first-order valence-corrected chi connectivity index (χ1v) is 8.92. The molecule has 1 aliphatic heterocycles. The first-order valence-electron chi connectivity index (χ1n) is 8.92. The van der Waals surface area contributed by atoms with E-state index >= 15 is 0 Å². The third kappa shape index (κ3) is 6.01. The molecule has 5 atom stereocenters. The number of carbonyl (C=O) groups excluding carboxylic acids is 2. The second-order valence-electron chi connectivity index (χ2n) is 6.64. The Labute approximate surface area is 166 Å². The van der Waals surface area contributed by atoms with Crippen LogP contribution in [0.2, 0.25) is 0 Å². The molecule has 1 heterocycles. The monoisotopic (exact) mass is 408 g/mol. The van der Waals surface area contributed by atoms with Crippen LogP contribution < -0.4 is 10.6 Å². The predicted octanol–water partition coefficient (Wildman–Crippen LogP) is -1.70. The normalized spacial score (nSPS) is 23.2. The van der Waals surface area contributed by atoms with Gasteiger partial charge in [-0.2, -0.15) is 0 Å². The van der Waals surface area contributed by atoms with Crippen LogP contribution in [0.1, 0.15) is 12.5 Å². The number of hydrogen-bond acceptors (Lipinski definition) is 7. The lowest BCUT2D eigenvalue weighted by atomic mass is 9.91. The number of ether oxygens (including phenoxy) is 1. The first-order chi connectivity index (χ1) is 13.7. The number of carbonyl (C=O) groups is 3. The quantitative estimate of drug-likeness (QED) is 0.296. The third-order valence-electron chi connectivity index (χ3n) is 4.37. The molecule has 0 spiro atoms. The van der Waals surface area contributed by atoms with Crippen LogP contribution in [-0.4, -0.2) is 75.2 Å². The smallest absolute Gasteiger partial charge is 0.370 e. The molecule has 0 unspecified atom stereocenters. The molecule has 0 aliphatic carbocycles. The second-order valence-corrected chi connectivity index (χ2v) is 6.64. The zero-order valence-corrected chi connectivity index (χ0v) is 15.7. The van der Waals surface area contributed by atoms with Crippen molar-refractivity contribution in [2.75, 3.05) is 6.61 Å². The van der Waals surface area contributed by atoms with Crippen LogP contribution in [0.5, 0.6) is 0 Å². The van der Waals surface area contributed by atoms with Gasteiger partial charge < -0.3 is 35.8 Å². The van der Waals surface area contributed by atoms with E-state index in [0.717, 1.165) is 11.6 Å². The summed E-state index contributed by atoms with van der Waals surface area (Å²) in [4.78, 5) is 35.5. The molecule has 6 N–H and O–H groups in total. The van der Waals surface area contributed by atoms with Crippen LogP contribution in [0.15, 0.2) is 42.2 Å². The van der Waals surface area contributed by atoms with Crippen LogP contribution in [0.25, 0.3) is 0 Å². The van der Waals surface area contributed by atoms with E-state index in [1.54, 1.807) is 30.3 Å². The Hall–Kier alpha value is -2.95. The first kappa shape index (κ1) is 22.3. The molecule has 0 bridgehead atoms. The van der Waals surface area contributed by atoms with Crippen molar-refractivity contribution in [2.45, 2.75) is 43.7 Å². The maximum absolute atomic E-state index is 12.5. The van der Waals surface area contributed by atoms with Gasteiger partial charge >= 0.3 is 5.97 Å². The summed E-state index contributed by atoms with van der Waals surface area (Å²) in [7, 11) is 0. The van der Waals surface area contributed by atoms with Gasteiger partial charge in [0.05, 0.1) is 25.1 Å². The van der Waals surface area contributed by atoms with Crippen molar-refractivity contribution in [1.82, 2.24) is 10.6 Å². The van der Waals surface area contributed by atoms with Crippen molar-refractivity contribution >= 4 is 17.8 Å². The molecule has 1 aromatic rings. The third-order valence-corrected chi connectivity index (χ3v) is 4.37. The number of hydrogen-bond donors (Lipinski definition) is 6. The number of rotatable bonds is 8. The van der Waals surface area contributed by atoms with Gasteiger partial charge in [0, 0.05) is 6.92 Å². The van der Waals surface area contributed by atoms with Crippen molar-refractivity contribution < 1.29 is 39.5 Å². The molecule has 10 nitrogen and oxygen atoms in total. The van der Waals surface area contributed by atoms with E-state index in [0.29, 0.717) is 0 Å². The number of nitrogens with one attached hydrogen (secondary N) is 2. The summed E-state index contributed by atoms with van der Waals surface area (Å²) >= 11 is 0. The van der Waals surface area contributed by atoms with E-state index in [1.165, 1.54) is 6.92 Å². The SMILES string of the molecule is CC(=O)N[C@H]1[C@H]([C@H](O)[C@H](O)CO)OC(C(=O)O)=C[C@@H]1NC(=O)Cc1ccccc1. The Morgan fingerprint density at radius 3 is 2.34 bits per heavy atom. The highest BCUT2D eigenvalue weighted by atomic mass is 16.5. The highest BCUT2D eigenvalue weighted by Crippen LogP contribution is 2.23. The number of carboxylic acids is 1. The van der Waals surface area contributed by atoms with Crippen molar-refractivity contribution in [3.05, 3.63) is 47.7 Å². The maximum Gasteiger partial charge on any atom is 0.370 e. The number of benzene rings is 1. The fraction of sp³-hybridized carbons (Fsp3) is 0.421. The number of aliphatic hydroxyl groups excluding tert-OH is 3. The highest BCUT2D eigenvalue weighted by molar-refractivity contribution is 5.85. The molecule has 0 saturated carbocycles. The predicted molar refractivity (Wildman–Crippen MR) is 99.4 cm³/mol. The average Bonchev–Trinajstić information content (AvgIpc) is 2.68. The van der Waals surface area contributed by atoms with Crippen LogP contribution in [0.4, 0.5) is 0 Å². The van der Waals surface area contributed by atoms with Crippen molar-refractivity contribution in [3.63, 3.8) is 0 Å². The average molecular weight is 408 g/mol. The summed E-state index contributed by atoms with van der Waals surface area (Å²) in [6.07, 6.45) is -3.69. The number of aliphatic carboxylic acids is 1. The minimum absolute atomic E-state index is 0.00766. The van der Waals surface area contributed by atoms with Crippen molar-refractivity contribution in [2.24, 2.45) is 0 Å². The lowest BCUT2D eigenvalue weighted by molar-refractivity contribution is -0.147. The number of carboxylic acid groups (broad SMARTS) is 1. The molecule has 0 saturated heterocycles. The second kappa shape index (κ2) is 10.0. The lowest BCUT2D eigenvalue weighted by Gasteiger charge is -2.40. The minimum Gasteiger partial charge on any atom is -0.478 e. The minimum atomic E-state index is -1.73. The van der Waals surface area contributed by atoms with Crippen LogP contribution in [0, 0.1) is 0 Å². The van der Waals surface area contributed by atoms with Gasteiger partial charge in [-0.05, 0) is 11.6 Å². The zero-order chi connectivity index (χ0) is 21.6. The van der Waals surface area contributed by atoms with Gasteiger partial charge in [0.25, 0.3) is 0 Å². The summed E-state index contributed by atoms with van der Waals surface area (Å²) in [5.74, 6) is -2.99. The van der Waals surface area contributed by atoms with Gasteiger partial charge in [-0.25, -0.2) is 4.79 Å². The van der Waals surface area contributed by atoms with Crippen LogP contribution >= 0.6 is 0 Å². The molecular formula is C19H24N2O8. The summed E-state index contributed by atoms with van der Waals surface area (Å²) in [6.45, 7) is 0.385. The van der Waals surface area contributed by atoms with E-state index in [9.17, 15) is 29.7 Å². The van der Waals surface area contributed by atoms with E-state index < -0.39 is 60.5 Å². The molecule has 29 heavy (non-hydrogen) atoms. The van der Waals surface area contributed by atoms with E-state index in [1.807, 2.05) is 0 Å². The highest BCUT2D eigenvalue weighted by Gasteiger charge is 2.44. The largest absolute Gasteiger partial charge is 0.478 e. The van der Waals surface area contributed by atoms with Crippen molar-refractivity contribution in [1.29, 1.82) is 0 Å².